The molecule has 1 aliphatic heterocycles. The molecule has 196 valence electrons. The Labute approximate surface area is 226 Å². The van der Waals surface area contributed by atoms with Gasteiger partial charge in [0.25, 0.3) is 0 Å². The summed E-state index contributed by atoms with van der Waals surface area (Å²) in [5.74, 6) is 0. The van der Waals surface area contributed by atoms with Crippen LogP contribution in [0.1, 0.15) is 12.5 Å². The molecular formula is C30H33N5O2S. The number of hydrogen-bond donors (Lipinski definition) is 3. The molecule has 38 heavy (non-hydrogen) atoms. The highest BCUT2D eigenvalue weighted by molar-refractivity contribution is 7.22. The van der Waals surface area contributed by atoms with Gasteiger partial charge >= 0.3 is 0 Å². The zero-order valence-electron chi connectivity index (χ0n) is 21.6. The number of benzene rings is 2. The smallest absolute Gasteiger partial charge is 0.151 e. The normalized spacial score (nSPS) is 15.8. The fraction of sp³-hybridized carbons (Fsp3) is 0.300. The lowest BCUT2D eigenvalue weighted by Crippen LogP contribution is -2.46. The molecule has 8 heteroatoms. The average Bonchev–Trinajstić information content (AvgIpc) is 3.57. The standard InChI is InChI=1S/C30H33N5O2S/c1-21(36)37-17-16-34-12-14-35(15-13-34)20-22-2-4-23(5-3-22)29-19-28-30(38-29)27(9-11-32-28)33-25-6-7-26-24(18-25)8-10-31-26/h2-11,18-19,21,31,36H,12-17,20H2,1H3,(H,32,33). The van der Waals surface area contributed by atoms with Crippen molar-refractivity contribution in [1.82, 2.24) is 19.8 Å². The zero-order valence-corrected chi connectivity index (χ0v) is 22.4. The summed E-state index contributed by atoms with van der Waals surface area (Å²) in [5.41, 5.74) is 6.85. The topological polar surface area (TPSA) is 76.7 Å². The third kappa shape index (κ3) is 5.75. The van der Waals surface area contributed by atoms with E-state index in [0.717, 1.165) is 66.4 Å². The predicted octanol–water partition coefficient (Wildman–Crippen LogP) is 5.66. The van der Waals surface area contributed by atoms with Crippen molar-refractivity contribution in [2.24, 2.45) is 0 Å². The first-order valence-electron chi connectivity index (χ1n) is 13.2. The quantitative estimate of drug-likeness (QED) is 0.215. The minimum absolute atomic E-state index is 0.577. The van der Waals surface area contributed by atoms with E-state index in [1.807, 2.05) is 18.5 Å². The summed E-state index contributed by atoms with van der Waals surface area (Å²) in [6, 6.07) is 21.7. The van der Waals surface area contributed by atoms with Gasteiger partial charge in [-0.3, -0.25) is 14.8 Å². The SMILES string of the molecule is CC(O)OCCN1CCN(Cc2ccc(-c3cc4nccc(Nc5ccc6[nH]ccc6c5)c4s3)cc2)CC1. The van der Waals surface area contributed by atoms with Crippen LogP contribution in [0.3, 0.4) is 0 Å². The first-order valence-corrected chi connectivity index (χ1v) is 14.0. The lowest BCUT2D eigenvalue weighted by molar-refractivity contribution is -0.0907. The molecule has 6 rings (SSSR count). The number of ether oxygens (including phenoxy) is 1. The highest BCUT2D eigenvalue weighted by Gasteiger charge is 2.17. The van der Waals surface area contributed by atoms with Gasteiger partial charge in [-0.2, -0.15) is 0 Å². The first kappa shape index (κ1) is 25.0. The van der Waals surface area contributed by atoms with Gasteiger partial charge in [0.2, 0.25) is 0 Å². The monoisotopic (exact) mass is 527 g/mol. The van der Waals surface area contributed by atoms with Crippen LogP contribution < -0.4 is 5.32 Å². The van der Waals surface area contributed by atoms with Crippen LogP contribution in [0.5, 0.6) is 0 Å². The maximum absolute atomic E-state index is 9.25. The van der Waals surface area contributed by atoms with Gasteiger partial charge in [0.05, 0.1) is 22.5 Å². The van der Waals surface area contributed by atoms with Crippen LogP contribution in [0, 0.1) is 0 Å². The summed E-state index contributed by atoms with van der Waals surface area (Å²) >= 11 is 1.78. The summed E-state index contributed by atoms with van der Waals surface area (Å²) < 4.78 is 6.44. The predicted molar refractivity (Wildman–Crippen MR) is 156 cm³/mol. The van der Waals surface area contributed by atoms with Gasteiger partial charge in [-0.15, -0.1) is 11.3 Å². The number of nitrogens with one attached hydrogen (secondary N) is 2. The maximum atomic E-state index is 9.25. The Hall–Kier alpha value is -3.27. The van der Waals surface area contributed by atoms with E-state index in [1.165, 1.54) is 21.4 Å². The molecule has 1 unspecified atom stereocenters. The number of aromatic amines is 1. The summed E-state index contributed by atoms with van der Waals surface area (Å²) in [6.07, 6.45) is 3.15. The number of nitrogens with zero attached hydrogens (tertiary/aromatic N) is 3. The van der Waals surface area contributed by atoms with Crippen molar-refractivity contribution < 1.29 is 9.84 Å². The Morgan fingerprint density at radius 2 is 1.84 bits per heavy atom. The number of fused-ring (bicyclic) bond motifs is 2. The van der Waals surface area contributed by atoms with Crippen molar-refractivity contribution in [3.05, 3.63) is 78.6 Å². The van der Waals surface area contributed by atoms with E-state index in [2.05, 4.69) is 79.7 Å². The van der Waals surface area contributed by atoms with Crippen molar-refractivity contribution in [1.29, 1.82) is 0 Å². The van der Waals surface area contributed by atoms with Crippen molar-refractivity contribution in [2.45, 2.75) is 19.8 Å². The third-order valence-electron chi connectivity index (χ3n) is 7.12. The summed E-state index contributed by atoms with van der Waals surface area (Å²) in [4.78, 5) is 14.0. The van der Waals surface area contributed by atoms with Crippen LogP contribution in [0.25, 0.3) is 31.6 Å². The van der Waals surface area contributed by atoms with Gasteiger partial charge < -0.3 is 20.1 Å². The fourth-order valence-electron chi connectivity index (χ4n) is 5.02. The second-order valence-electron chi connectivity index (χ2n) is 9.87. The van der Waals surface area contributed by atoms with Crippen LogP contribution in [0.15, 0.2) is 73.1 Å². The largest absolute Gasteiger partial charge is 0.368 e. The van der Waals surface area contributed by atoms with Gasteiger partial charge in [0.15, 0.2) is 6.29 Å². The molecule has 0 aliphatic carbocycles. The number of anilines is 2. The van der Waals surface area contributed by atoms with E-state index in [-0.39, 0.29) is 0 Å². The van der Waals surface area contributed by atoms with Crippen molar-refractivity contribution in [3.63, 3.8) is 0 Å². The van der Waals surface area contributed by atoms with Crippen LogP contribution in [0.4, 0.5) is 11.4 Å². The Morgan fingerprint density at radius 1 is 1.03 bits per heavy atom. The minimum Gasteiger partial charge on any atom is -0.368 e. The number of rotatable bonds is 9. The number of aliphatic hydroxyl groups excluding tert-OH is 1. The Bertz CT molecular complexity index is 1500. The molecule has 0 radical (unpaired) electrons. The number of thiophene rings is 1. The molecule has 1 saturated heterocycles. The van der Waals surface area contributed by atoms with Gasteiger partial charge in [-0.25, -0.2) is 0 Å². The molecule has 0 amide bonds. The average molecular weight is 528 g/mol. The molecule has 3 N–H and O–H groups in total. The molecule has 1 aliphatic rings. The van der Waals surface area contributed by atoms with Crippen LogP contribution >= 0.6 is 11.3 Å². The molecule has 0 saturated carbocycles. The lowest BCUT2D eigenvalue weighted by Gasteiger charge is -2.34. The number of pyridine rings is 1. The highest BCUT2D eigenvalue weighted by atomic mass is 32.1. The van der Waals surface area contributed by atoms with E-state index >= 15 is 0 Å². The number of piperazine rings is 1. The van der Waals surface area contributed by atoms with Crippen LogP contribution in [-0.2, 0) is 11.3 Å². The van der Waals surface area contributed by atoms with E-state index < -0.39 is 6.29 Å². The second kappa shape index (κ2) is 11.2. The van der Waals surface area contributed by atoms with Crippen molar-refractivity contribution in [2.75, 3.05) is 44.6 Å². The molecule has 2 aromatic carbocycles. The number of aromatic nitrogens is 2. The molecule has 0 spiro atoms. The molecule has 0 bridgehead atoms. The van der Waals surface area contributed by atoms with Crippen molar-refractivity contribution >= 4 is 43.8 Å². The van der Waals surface area contributed by atoms with Gasteiger partial charge in [-0.1, -0.05) is 24.3 Å². The summed E-state index contributed by atoms with van der Waals surface area (Å²) in [5, 5.41) is 14.0. The van der Waals surface area contributed by atoms with Gasteiger partial charge in [0.1, 0.15) is 0 Å². The minimum atomic E-state index is -0.688. The van der Waals surface area contributed by atoms with E-state index in [1.54, 1.807) is 18.3 Å². The molecular weight excluding hydrogens is 494 g/mol. The number of hydrogen-bond acceptors (Lipinski definition) is 7. The van der Waals surface area contributed by atoms with Crippen LogP contribution in [-0.4, -0.2) is 70.5 Å². The van der Waals surface area contributed by atoms with E-state index in [9.17, 15) is 5.11 Å². The Morgan fingerprint density at radius 3 is 2.66 bits per heavy atom. The van der Waals surface area contributed by atoms with E-state index in [0.29, 0.717) is 6.61 Å². The Balaban J connectivity index is 1.10. The Kier molecular flexibility index (Phi) is 7.40. The molecule has 1 atom stereocenters. The summed E-state index contributed by atoms with van der Waals surface area (Å²) in [6.45, 7) is 8.23. The molecule has 3 aromatic heterocycles. The molecule has 4 heterocycles. The summed E-state index contributed by atoms with van der Waals surface area (Å²) in [7, 11) is 0. The molecule has 7 nitrogen and oxygen atoms in total. The number of H-pyrrole nitrogens is 1. The fourth-order valence-corrected chi connectivity index (χ4v) is 6.11. The second-order valence-corrected chi connectivity index (χ2v) is 10.9. The molecule has 1 fully saturated rings. The lowest BCUT2D eigenvalue weighted by atomic mass is 10.1. The van der Waals surface area contributed by atoms with Gasteiger partial charge in [0, 0.05) is 73.1 Å². The van der Waals surface area contributed by atoms with Crippen molar-refractivity contribution in [3.8, 4) is 10.4 Å². The first-order chi connectivity index (χ1) is 18.6. The highest BCUT2D eigenvalue weighted by Crippen LogP contribution is 2.38. The number of aliphatic hydroxyl groups is 1. The maximum Gasteiger partial charge on any atom is 0.151 e. The van der Waals surface area contributed by atoms with E-state index in [4.69, 9.17) is 4.74 Å². The van der Waals surface area contributed by atoms with Gasteiger partial charge in [-0.05, 0) is 54.4 Å². The zero-order chi connectivity index (χ0) is 25.9. The van der Waals surface area contributed by atoms with Crippen LogP contribution in [0.2, 0.25) is 0 Å². The third-order valence-corrected chi connectivity index (χ3v) is 8.33. The molecule has 5 aromatic rings.